The number of carbonyl (C=O) groups excluding carboxylic acids is 1. The average Bonchev–Trinajstić information content (AvgIpc) is 2.35. The Balaban J connectivity index is 1.83. The molecule has 1 aliphatic rings. The van der Waals surface area contributed by atoms with Crippen LogP contribution < -0.4 is 5.32 Å². The highest BCUT2D eigenvalue weighted by Crippen LogP contribution is 2.22. The normalized spacial score (nSPS) is 19.0. The molecule has 0 aliphatic carbocycles. The molecular formula is C13H16FNO3S. The molecule has 0 saturated carbocycles. The van der Waals surface area contributed by atoms with Crippen molar-refractivity contribution in [3.05, 3.63) is 30.1 Å². The highest BCUT2D eigenvalue weighted by atomic mass is 32.2. The van der Waals surface area contributed by atoms with Crippen LogP contribution in [-0.4, -0.2) is 25.8 Å². The van der Waals surface area contributed by atoms with Gasteiger partial charge in [-0.2, -0.15) is 0 Å². The van der Waals surface area contributed by atoms with Crippen LogP contribution in [0.25, 0.3) is 0 Å². The van der Waals surface area contributed by atoms with Crippen LogP contribution in [0.15, 0.2) is 24.3 Å². The second kappa shape index (κ2) is 5.69. The molecule has 0 unspecified atom stereocenters. The number of amides is 1. The number of nitrogens with one attached hydrogen (secondary N) is 1. The lowest BCUT2D eigenvalue weighted by Gasteiger charge is -2.21. The predicted molar refractivity (Wildman–Crippen MR) is 71.0 cm³/mol. The first kappa shape index (κ1) is 14.0. The minimum atomic E-state index is -2.89. The summed E-state index contributed by atoms with van der Waals surface area (Å²) in [5.41, 5.74) is 0.551. The zero-order valence-electron chi connectivity index (χ0n) is 10.4. The highest BCUT2D eigenvalue weighted by molar-refractivity contribution is 7.91. The fraction of sp³-hybridized carbons (Fsp3) is 0.462. The predicted octanol–water partition coefficient (Wildman–Crippen LogP) is 1.98. The van der Waals surface area contributed by atoms with Gasteiger partial charge in [0, 0.05) is 12.1 Å². The van der Waals surface area contributed by atoms with Gasteiger partial charge in [0.2, 0.25) is 5.91 Å². The monoisotopic (exact) mass is 285 g/mol. The Hall–Kier alpha value is -1.43. The summed E-state index contributed by atoms with van der Waals surface area (Å²) in [7, 11) is -2.89. The largest absolute Gasteiger partial charge is 0.326 e. The highest BCUT2D eigenvalue weighted by Gasteiger charge is 2.25. The van der Waals surface area contributed by atoms with Gasteiger partial charge < -0.3 is 5.32 Å². The van der Waals surface area contributed by atoms with E-state index in [0.717, 1.165) is 0 Å². The van der Waals surface area contributed by atoms with Gasteiger partial charge in [0.1, 0.15) is 15.7 Å². The van der Waals surface area contributed by atoms with Crippen LogP contribution in [0.5, 0.6) is 0 Å². The number of hydrogen-bond donors (Lipinski definition) is 1. The van der Waals surface area contributed by atoms with Crippen molar-refractivity contribution in [1.82, 2.24) is 0 Å². The van der Waals surface area contributed by atoms with E-state index in [1.807, 2.05) is 0 Å². The summed E-state index contributed by atoms with van der Waals surface area (Å²) in [5.74, 6) is -0.0569. The van der Waals surface area contributed by atoms with Gasteiger partial charge in [-0.05, 0) is 43.0 Å². The maximum atomic E-state index is 12.7. The van der Waals surface area contributed by atoms with Crippen molar-refractivity contribution in [2.45, 2.75) is 19.3 Å². The van der Waals surface area contributed by atoms with Gasteiger partial charge in [0.25, 0.3) is 0 Å². The third kappa shape index (κ3) is 4.31. The molecule has 19 heavy (non-hydrogen) atoms. The first-order valence-corrected chi connectivity index (χ1v) is 8.02. The van der Waals surface area contributed by atoms with Crippen molar-refractivity contribution in [3.8, 4) is 0 Å². The Morgan fingerprint density at radius 2 is 1.79 bits per heavy atom. The second-order valence-corrected chi connectivity index (χ2v) is 7.16. The van der Waals surface area contributed by atoms with Gasteiger partial charge in [-0.25, -0.2) is 12.8 Å². The number of rotatable bonds is 3. The smallest absolute Gasteiger partial charge is 0.224 e. The van der Waals surface area contributed by atoms with Gasteiger partial charge in [-0.3, -0.25) is 4.79 Å². The van der Waals surface area contributed by atoms with E-state index in [4.69, 9.17) is 0 Å². The molecule has 0 aromatic heterocycles. The Kier molecular flexibility index (Phi) is 4.19. The van der Waals surface area contributed by atoms with E-state index in [0.29, 0.717) is 24.9 Å². The lowest BCUT2D eigenvalue weighted by molar-refractivity contribution is -0.117. The number of anilines is 1. The molecule has 2 rings (SSSR count). The lowest BCUT2D eigenvalue weighted by atomic mass is 9.98. The van der Waals surface area contributed by atoms with Crippen molar-refractivity contribution in [3.63, 3.8) is 0 Å². The molecule has 1 aromatic rings. The summed E-state index contributed by atoms with van der Waals surface area (Å²) < 4.78 is 35.2. The van der Waals surface area contributed by atoms with Crippen molar-refractivity contribution in [2.75, 3.05) is 16.8 Å². The van der Waals surface area contributed by atoms with Crippen LogP contribution >= 0.6 is 0 Å². The van der Waals surface area contributed by atoms with E-state index < -0.39 is 9.84 Å². The van der Waals surface area contributed by atoms with Gasteiger partial charge in [0.15, 0.2) is 0 Å². The van der Waals surface area contributed by atoms with Crippen LogP contribution in [0.1, 0.15) is 19.3 Å². The van der Waals surface area contributed by atoms with Crippen LogP contribution in [0, 0.1) is 11.7 Å². The molecule has 1 fully saturated rings. The molecule has 1 N–H and O–H groups in total. The van der Waals surface area contributed by atoms with E-state index in [1.54, 1.807) is 0 Å². The third-order valence-corrected chi connectivity index (χ3v) is 4.99. The van der Waals surface area contributed by atoms with Crippen LogP contribution in [0.4, 0.5) is 10.1 Å². The summed E-state index contributed by atoms with van der Waals surface area (Å²) in [6.07, 6.45) is 1.39. The number of hydrogen-bond acceptors (Lipinski definition) is 3. The molecule has 1 aliphatic heterocycles. The standard InChI is InChI=1S/C13H16FNO3S/c14-11-1-3-12(4-2-11)15-13(16)9-10-5-7-19(17,18)8-6-10/h1-4,10H,5-9H2,(H,15,16). The Bertz CT molecular complexity index is 540. The number of benzene rings is 1. The molecule has 0 radical (unpaired) electrons. The quantitative estimate of drug-likeness (QED) is 0.923. The summed E-state index contributed by atoms with van der Waals surface area (Å²) in [4.78, 5) is 11.8. The minimum Gasteiger partial charge on any atom is -0.326 e. The molecule has 0 atom stereocenters. The molecule has 1 amide bonds. The van der Waals surface area contributed by atoms with Gasteiger partial charge in [-0.1, -0.05) is 0 Å². The summed E-state index contributed by atoms with van der Waals surface area (Å²) >= 11 is 0. The summed E-state index contributed by atoms with van der Waals surface area (Å²) in [6, 6.07) is 5.56. The lowest BCUT2D eigenvalue weighted by Crippen LogP contribution is -2.26. The Labute approximate surface area is 111 Å². The first-order valence-electron chi connectivity index (χ1n) is 6.20. The van der Waals surface area contributed by atoms with Gasteiger partial charge >= 0.3 is 0 Å². The summed E-state index contributed by atoms with van der Waals surface area (Å²) in [6.45, 7) is 0. The maximum absolute atomic E-state index is 12.7. The molecule has 104 valence electrons. The Morgan fingerprint density at radius 1 is 1.21 bits per heavy atom. The van der Waals surface area contributed by atoms with E-state index in [1.165, 1.54) is 24.3 Å². The van der Waals surface area contributed by atoms with E-state index in [9.17, 15) is 17.6 Å². The molecular weight excluding hydrogens is 269 g/mol. The minimum absolute atomic E-state index is 0.115. The van der Waals surface area contributed by atoms with Crippen LogP contribution in [-0.2, 0) is 14.6 Å². The third-order valence-electron chi connectivity index (χ3n) is 3.28. The second-order valence-electron chi connectivity index (χ2n) is 4.85. The van der Waals surface area contributed by atoms with Crippen molar-refractivity contribution >= 4 is 21.4 Å². The zero-order chi connectivity index (χ0) is 13.9. The van der Waals surface area contributed by atoms with Crippen molar-refractivity contribution in [1.29, 1.82) is 0 Å². The van der Waals surface area contributed by atoms with Crippen molar-refractivity contribution in [2.24, 2.45) is 5.92 Å². The molecule has 1 heterocycles. The van der Waals surface area contributed by atoms with Gasteiger partial charge in [-0.15, -0.1) is 0 Å². The van der Waals surface area contributed by atoms with Crippen LogP contribution in [0.2, 0.25) is 0 Å². The fourth-order valence-corrected chi connectivity index (χ4v) is 3.74. The number of sulfone groups is 1. The first-order chi connectivity index (χ1) is 8.94. The average molecular weight is 285 g/mol. The topological polar surface area (TPSA) is 63.2 Å². The molecule has 0 spiro atoms. The van der Waals surface area contributed by atoms with E-state index in [-0.39, 0.29) is 29.1 Å². The zero-order valence-corrected chi connectivity index (χ0v) is 11.2. The van der Waals surface area contributed by atoms with Gasteiger partial charge in [0.05, 0.1) is 11.5 Å². The molecule has 4 nitrogen and oxygen atoms in total. The molecule has 1 saturated heterocycles. The molecule has 1 aromatic carbocycles. The van der Waals surface area contributed by atoms with E-state index >= 15 is 0 Å². The van der Waals surface area contributed by atoms with Crippen LogP contribution in [0.3, 0.4) is 0 Å². The summed E-state index contributed by atoms with van der Waals surface area (Å²) in [5, 5.41) is 2.68. The fourth-order valence-electron chi connectivity index (χ4n) is 2.15. The number of carbonyl (C=O) groups is 1. The SMILES string of the molecule is O=C(CC1CCS(=O)(=O)CC1)Nc1ccc(F)cc1. The molecule has 0 bridgehead atoms. The van der Waals surface area contributed by atoms with Crippen molar-refractivity contribution < 1.29 is 17.6 Å². The van der Waals surface area contributed by atoms with E-state index in [2.05, 4.69) is 5.32 Å². The number of halogens is 1. The Morgan fingerprint density at radius 3 is 2.37 bits per heavy atom. The molecule has 6 heteroatoms. The maximum Gasteiger partial charge on any atom is 0.224 e.